The van der Waals surface area contributed by atoms with Crippen molar-refractivity contribution in [3.8, 4) is 0 Å². The average molecular weight is 230 g/mol. The van der Waals surface area contributed by atoms with Crippen LogP contribution in [0.25, 0.3) is 0 Å². The summed E-state index contributed by atoms with van der Waals surface area (Å²) >= 11 is 0. The smallest absolute Gasteiger partial charge is 0.0605 e. The van der Waals surface area contributed by atoms with Gasteiger partial charge in [0.2, 0.25) is 0 Å². The van der Waals surface area contributed by atoms with E-state index < -0.39 is 0 Å². The molecule has 1 heterocycles. The lowest BCUT2D eigenvalue weighted by atomic mass is 9.85. The molecule has 2 fully saturated rings. The number of anilines is 2. The van der Waals surface area contributed by atoms with Gasteiger partial charge in [-0.05, 0) is 49.8 Å². The number of benzene rings is 1. The van der Waals surface area contributed by atoms with Gasteiger partial charge in [-0.25, -0.2) is 0 Å². The summed E-state index contributed by atoms with van der Waals surface area (Å²) in [7, 11) is 0. The van der Waals surface area contributed by atoms with E-state index >= 15 is 0 Å². The van der Waals surface area contributed by atoms with E-state index in [9.17, 15) is 0 Å². The van der Waals surface area contributed by atoms with E-state index in [1.165, 1.54) is 49.9 Å². The monoisotopic (exact) mass is 230 g/mol. The second-order valence-electron chi connectivity index (χ2n) is 5.66. The Bertz CT molecular complexity index is 413. The van der Waals surface area contributed by atoms with Crippen LogP contribution in [0.15, 0.2) is 18.2 Å². The normalized spacial score (nSPS) is 28.2. The highest BCUT2D eigenvalue weighted by molar-refractivity contribution is 5.69. The zero-order valence-corrected chi connectivity index (χ0v) is 10.7. The molecule has 2 atom stereocenters. The molecule has 1 aliphatic heterocycles. The van der Waals surface area contributed by atoms with Crippen LogP contribution in [0.2, 0.25) is 0 Å². The van der Waals surface area contributed by atoms with Crippen LogP contribution in [0.3, 0.4) is 0 Å². The van der Waals surface area contributed by atoms with Crippen LogP contribution in [-0.4, -0.2) is 12.6 Å². The lowest BCUT2D eigenvalue weighted by Gasteiger charge is -2.34. The number of rotatable bonds is 1. The van der Waals surface area contributed by atoms with Crippen LogP contribution in [-0.2, 0) is 0 Å². The average Bonchev–Trinajstić information content (AvgIpc) is 2.76. The highest BCUT2D eigenvalue weighted by Crippen LogP contribution is 2.40. The molecule has 17 heavy (non-hydrogen) atoms. The van der Waals surface area contributed by atoms with Crippen molar-refractivity contribution < 1.29 is 0 Å². The molecule has 0 aromatic heterocycles. The molecule has 0 radical (unpaired) electrons. The van der Waals surface area contributed by atoms with Gasteiger partial charge in [0, 0.05) is 12.6 Å². The third-order valence-corrected chi connectivity index (χ3v) is 4.51. The van der Waals surface area contributed by atoms with Crippen LogP contribution in [0.1, 0.15) is 37.7 Å². The predicted molar refractivity (Wildman–Crippen MR) is 73.3 cm³/mol. The van der Waals surface area contributed by atoms with Gasteiger partial charge in [-0.1, -0.05) is 18.9 Å². The number of aryl methyl sites for hydroxylation is 1. The molecule has 1 saturated heterocycles. The number of nitrogens with two attached hydrogens (primary N) is 1. The topological polar surface area (TPSA) is 29.3 Å². The van der Waals surface area contributed by atoms with Crippen molar-refractivity contribution in [3.63, 3.8) is 0 Å². The largest absolute Gasteiger partial charge is 0.397 e. The van der Waals surface area contributed by atoms with Crippen molar-refractivity contribution in [1.82, 2.24) is 0 Å². The molecular formula is C15H22N2. The summed E-state index contributed by atoms with van der Waals surface area (Å²) in [6.45, 7) is 3.35. The Hall–Kier alpha value is -1.18. The maximum Gasteiger partial charge on any atom is 0.0605 e. The van der Waals surface area contributed by atoms with Gasteiger partial charge >= 0.3 is 0 Å². The second-order valence-corrected chi connectivity index (χ2v) is 5.66. The number of nitrogen functional groups attached to an aromatic ring is 1. The minimum atomic E-state index is 0.757. The summed E-state index contributed by atoms with van der Waals surface area (Å²) in [6.07, 6.45) is 6.96. The Labute approximate surface area is 104 Å². The van der Waals surface area contributed by atoms with Gasteiger partial charge in [-0.3, -0.25) is 0 Å². The fourth-order valence-corrected chi connectivity index (χ4v) is 3.61. The Morgan fingerprint density at radius 2 is 2.00 bits per heavy atom. The molecular weight excluding hydrogens is 208 g/mol. The molecule has 1 aromatic carbocycles. The van der Waals surface area contributed by atoms with Gasteiger partial charge in [-0.15, -0.1) is 0 Å². The summed E-state index contributed by atoms with van der Waals surface area (Å²) in [5, 5.41) is 0. The van der Waals surface area contributed by atoms with E-state index in [-0.39, 0.29) is 0 Å². The van der Waals surface area contributed by atoms with Crippen molar-refractivity contribution >= 4 is 11.4 Å². The molecule has 2 N–H and O–H groups in total. The first kappa shape index (κ1) is 10.9. The van der Waals surface area contributed by atoms with Gasteiger partial charge in [0.15, 0.2) is 0 Å². The first-order valence-corrected chi connectivity index (χ1v) is 6.88. The van der Waals surface area contributed by atoms with E-state index in [0.717, 1.165) is 17.6 Å². The molecule has 92 valence electrons. The minimum absolute atomic E-state index is 0.757. The van der Waals surface area contributed by atoms with E-state index in [0.29, 0.717) is 0 Å². The number of hydrogen-bond acceptors (Lipinski definition) is 2. The lowest BCUT2D eigenvalue weighted by Crippen LogP contribution is -2.35. The summed E-state index contributed by atoms with van der Waals surface area (Å²) in [5.41, 5.74) is 9.69. The Morgan fingerprint density at radius 1 is 1.18 bits per heavy atom. The van der Waals surface area contributed by atoms with Gasteiger partial charge in [0.1, 0.15) is 0 Å². The van der Waals surface area contributed by atoms with E-state index in [2.05, 4.69) is 30.0 Å². The molecule has 1 aromatic rings. The number of fused-ring (bicyclic) bond motifs is 1. The predicted octanol–water partition coefficient (Wildman–Crippen LogP) is 3.35. The van der Waals surface area contributed by atoms with E-state index in [1.54, 1.807) is 0 Å². The van der Waals surface area contributed by atoms with Crippen LogP contribution in [0, 0.1) is 12.8 Å². The zero-order chi connectivity index (χ0) is 11.8. The molecule has 0 amide bonds. The van der Waals surface area contributed by atoms with E-state index in [4.69, 9.17) is 5.73 Å². The molecule has 1 aliphatic carbocycles. The Morgan fingerprint density at radius 3 is 2.88 bits per heavy atom. The van der Waals surface area contributed by atoms with Crippen molar-refractivity contribution in [3.05, 3.63) is 23.8 Å². The highest BCUT2D eigenvalue weighted by Gasteiger charge is 2.36. The van der Waals surface area contributed by atoms with Crippen LogP contribution in [0.4, 0.5) is 11.4 Å². The molecule has 0 bridgehead atoms. The second kappa shape index (κ2) is 4.25. The SMILES string of the molecule is Cc1ccc(N)c(N2CCC3CCCCC32)c1. The minimum Gasteiger partial charge on any atom is -0.397 e. The van der Waals surface area contributed by atoms with Crippen LogP contribution >= 0.6 is 0 Å². The van der Waals surface area contributed by atoms with Crippen molar-refractivity contribution in [2.24, 2.45) is 5.92 Å². The van der Waals surface area contributed by atoms with Gasteiger partial charge in [0.25, 0.3) is 0 Å². The lowest BCUT2D eigenvalue weighted by molar-refractivity contribution is 0.342. The molecule has 0 spiro atoms. The zero-order valence-electron chi connectivity index (χ0n) is 10.7. The maximum absolute atomic E-state index is 6.15. The van der Waals surface area contributed by atoms with Crippen LogP contribution < -0.4 is 10.6 Å². The third-order valence-electron chi connectivity index (χ3n) is 4.51. The first-order chi connectivity index (χ1) is 8.25. The molecule has 3 rings (SSSR count). The summed E-state index contributed by atoms with van der Waals surface area (Å²) < 4.78 is 0. The van der Waals surface area contributed by atoms with Crippen molar-refractivity contribution in [2.75, 3.05) is 17.2 Å². The van der Waals surface area contributed by atoms with Crippen molar-refractivity contribution in [1.29, 1.82) is 0 Å². The summed E-state index contributed by atoms with van der Waals surface area (Å²) in [6, 6.07) is 7.17. The van der Waals surface area contributed by atoms with Crippen LogP contribution in [0.5, 0.6) is 0 Å². The molecule has 2 nitrogen and oxygen atoms in total. The third kappa shape index (κ3) is 1.90. The molecule has 2 unspecified atom stereocenters. The number of hydrogen-bond donors (Lipinski definition) is 1. The fraction of sp³-hybridized carbons (Fsp3) is 0.600. The molecule has 2 aliphatic rings. The number of nitrogens with zero attached hydrogens (tertiary/aromatic N) is 1. The standard InChI is InChI=1S/C15H22N2/c1-11-6-7-13(16)15(10-11)17-9-8-12-4-2-3-5-14(12)17/h6-7,10,12,14H,2-5,8-9,16H2,1H3. The first-order valence-electron chi connectivity index (χ1n) is 6.88. The summed E-state index contributed by atoms with van der Waals surface area (Å²) in [5.74, 6) is 0.920. The Balaban J connectivity index is 1.91. The fourth-order valence-electron chi connectivity index (χ4n) is 3.61. The quantitative estimate of drug-likeness (QED) is 0.750. The highest BCUT2D eigenvalue weighted by atomic mass is 15.2. The van der Waals surface area contributed by atoms with Crippen molar-refractivity contribution in [2.45, 2.75) is 45.1 Å². The van der Waals surface area contributed by atoms with Gasteiger partial charge < -0.3 is 10.6 Å². The Kier molecular flexibility index (Phi) is 2.73. The molecule has 1 saturated carbocycles. The van der Waals surface area contributed by atoms with Gasteiger partial charge in [0.05, 0.1) is 11.4 Å². The van der Waals surface area contributed by atoms with E-state index in [1.807, 2.05) is 0 Å². The summed E-state index contributed by atoms with van der Waals surface area (Å²) in [4.78, 5) is 2.58. The van der Waals surface area contributed by atoms with Gasteiger partial charge in [-0.2, -0.15) is 0 Å². The maximum atomic E-state index is 6.15. The molecule has 2 heteroatoms.